The van der Waals surface area contributed by atoms with Crippen LogP contribution in [0.3, 0.4) is 0 Å². The number of rotatable bonds is 4. The monoisotopic (exact) mass is 169 g/mol. The SMILES string of the molecule is Cn1cncc1CNCC(=O)O. The summed E-state index contributed by atoms with van der Waals surface area (Å²) >= 11 is 0. The van der Waals surface area contributed by atoms with E-state index < -0.39 is 5.97 Å². The van der Waals surface area contributed by atoms with Crippen molar-refractivity contribution >= 4 is 5.97 Å². The van der Waals surface area contributed by atoms with Crippen molar-refractivity contribution < 1.29 is 9.90 Å². The van der Waals surface area contributed by atoms with Gasteiger partial charge >= 0.3 is 5.97 Å². The van der Waals surface area contributed by atoms with E-state index in [0.717, 1.165) is 5.69 Å². The number of hydrogen-bond donors (Lipinski definition) is 2. The smallest absolute Gasteiger partial charge is 0.317 e. The second kappa shape index (κ2) is 3.87. The Bertz CT molecular complexity index is 269. The van der Waals surface area contributed by atoms with Gasteiger partial charge in [0.05, 0.1) is 18.6 Å². The quantitative estimate of drug-likeness (QED) is 0.643. The first kappa shape index (κ1) is 8.73. The molecule has 5 heteroatoms. The van der Waals surface area contributed by atoms with Crippen molar-refractivity contribution in [3.63, 3.8) is 0 Å². The highest BCUT2D eigenvalue weighted by Crippen LogP contribution is 1.93. The van der Waals surface area contributed by atoms with Crippen LogP contribution in [0.4, 0.5) is 0 Å². The average Bonchev–Trinajstić information content (AvgIpc) is 2.36. The van der Waals surface area contributed by atoms with E-state index in [1.165, 1.54) is 0 Å². The number of hydrogen-bond acceptors (Lipinski definition) is 3. The number of carboxylic acids is 1. The van der Waals surface area contributed by atoms with Crippen molar-refractivity contribution in [1.82, 2.24) is 14.9 Å². The molecule has 0 radical (unpaired) electrons. The zero-order chi connectivity index (χ0) is 8.97. The fraction of sp³-hybridized carbons (Fsp3) is 0.429. The highest BCUT2D eigenvalue weighted by atomic mass is 16.4. The summed E-state index contributed by atoms with van der Waals surface area (Å²) < 4.78 is 1.84. The van der Waals surface area contributed by atoms with Crippen LogP contribution in [0.2, 0.25) is 0 Å². The van der Waals surface area contributed by atoms with Crippen LogP contribution < -0.4 is 5.32 Å². The maximum Gasteiger partial charge on any atom is 0.317 e. The summed E-state index contributed by atoms with van der Waals surface area (Å²) in [6, 6.07) is 0. The second-order valence-electron chi connectivity index (χ2n) is 2.49. The summed E-state index contributed by atoms with van der Waals surface area (Å²) in [6.45, 7) is 0.508. The number of carboxylic acid groups (broad SMARTS) is 1. The lowest BCUT2D eigenvalue weighted by molar-refractivity contribution is -0.136. The molecule has 0 unspecified atom stereocenters. The molecule has 1 aromatic rings. The molecule has 0 aliphatic carbocycles. The van der Waals surface area contributed by atoms with Crippen molar-refractivity contribution in [2.24, 2.45) is 7.05 Å². The summed E-state index contributed by atoms with van der Waals surface area (Å²) in [5.74, 6) is -0.850. The number of nitrogens with one attached hydrogen (secondary N) is 1. The van der Waals surface area contributed by atoms with Crippen LogP contribution in [0.1, 0.15) is 5.69 Å². The molecule has 1 rings (SSSR count). The summed E-state index contributed by atoms with van der Waals surface area (Å²) in [5.41, 5.74) is 0.969. The zero-order valence-corrected chi connectivity index (χ0v) is 6.82. The number of carbonyl (C=O) groups is 1. The van der Waals surface area contributed by atoms with Crippen molar-refractivity contribution in [2.75, 3.05) is 6.54 Å². The lowest BCUT2D eigenvalue weighted by atomic mass is 10.4. The molecule has 0 aliphatic heterocycles. The third-order valence-corrected chi connectivity index (χ3v) is 1.50. The van der Waals surface area contributed by atoms with Crippen molar-refractivity contribution in [3.8, 4) is 0 Å². The third kappa shape index (κ3) is 2.35. The van der Waals surface area contributed by atoms with Gasteiger partial charge in [-0.05, 0) is 0 Å². The van der Waals surface area contributed by atoms with Crippen LogP contribution in [0, 0.1) is 0 Å². The van der Waals surface area contributed by atoms with Gasteiger partial charge in [-0.15, -0.1) is 0 Å². The molecular formula is C7H11N3O2. The highest BCUT2D eigenvalue weighted by Gasteiger charge is 1.98. The molecule has 5 nitrogen and oxygen atoms in total. The second-order valence-corrected chi connectivity index (χ2v) is 2.49. The Morgan fingerprint density at radius 1 is 1.83 bits per heavy atom. The van der Waals surface area contributed by atoms with E-state index in [0.29, 0.717) is 6.54 Å². The Hall–Kier alpha value is -1.36. The van der Waals surface area contributed by atoms with E-state index in [-0.39, 0.29) is 6.54 Å². The van der Waals surface area contributed by atoms with Crippen LogP contribution in [-0.4, -0.2) is 27.2 Å². The molecule has 2 N–H and O–H groups in total. The van der Waals surface area contributed by atoms with Crippen LogP contribution in [0.15, 0.2) is 12.5 Å². The number of nitrogens with zero attached hydrogens (tertiary/aromatic N) is 2. The topological polar surface area (TPSA) is 67.2 Å². The largest absolute Gasteiger partial charge is 0.480 e. The van der Waals surface area contributed by atoms with Gasteiger partial charge in [0.1, 0.15) is 0 Å². The molecule has 66 valence electrons. The molecule has 0 spiro atoms. The Morgan fingerprint density at radius 3 is 3.08 bits per heavy atom. The first-order chi connectivity index (χ1) is 5.70. The Labute approximate surface area is 70.0 Å². The third-order valence-electron chi connectivity index (χ3n) is 1.50. The zero-order valence-electron chi connectivity index (χ0n) is 6.82. The normalized spacial score (nSPS) is 10.1. The molecule has 0 saturated carbocycles. The van der Waals surface area contributed by atoms with Crippen LogP contribution in [0.25, 0.3) is 0 Å². The van der Waals surface area contributed by atoms with Gasteiger partial charge < -0.3 is 15.0 Å². The fourth-order valence-electron chi connectivity index (χ4n) is 0.852. The minimum absolute atomic E-state index is 0.0226. The van der Waals surface area contributed by atoms with Gasteiger partial charge in [-0.2, -0.15) is 0 Å². The summed E-state index contributed by atoms with van der Waals surface area (Å²) in [7, 11) is 1.87. The van der Waals surface area contributed by atoms with Gasteiger partial charge in [-0.1, -0.05) is 0 Å². The van der Waals surface area contributed by atoms with Gasteiger partial charge in [0.2, 0.25) is 0 Å². The molecule has 0 saturated heterocycles. The Morgan fingerprint density at radius 2 is 2.58 bits per heavy atom. The molecule has 1 heterocycles. The van der Waals surface area contributed by atoms with E-state index in [1.807, 2.05) is 11.6 Å². The number of aromatic nitrogens is 2. The summed E-state index contributed by atoms with van der Waals surface area (Å²) in [6.07, 6.45) is 3.38. The standard InChI is InChI=1S/C7H11N3O2/c1-10-5-9-3-6(10)2-8-4-7(11)12/h3,5,8H,2,4H2,1H3,(H,11,12). The van der Waals surface area contributed by atoms with Crippen molar-refractivity contribution in [2.45, 2.75) is 6.54 Å². The average molecular weight is 169 g/mol. The van der Waals surface area contributed by atoms with Gasteiger partial charge in [-0.25, -0.2) is 4.98 Å². The molecule has 0 bridgehead atoms. The number of aryl methyl sites for hydroxylation is 1. The van der Waals surface area contributed by atoms with Gasteiger partial charge in [0.15, 0.2) is 0 Å². The van der Waals surface area contributed by atoms with Crippen LogP contribution in [-0.2, 0) is 18.4 Å². The number of aliphatic carboxylic acids is 1. The minimum atomic E-state index is -0.850. The van der Waals surface area contributed by atoms with Gasteiger partial charge in [0.25, 0.3) is 0 Å². The molecule has 0 fully saturated rings. The maximum atomic E-state index is 10.1. The van der Waals surface area contributed by atoms with E-state index in [4.69, 9.17) is 5.11 Å². The van der Waals surface area contributed by atoms with E-state index in [9.17, 15) is 4.79 Å². The molecule has 1 aromatic heterocycles. The molecular weight excluding hydrogens is 158 g/mol. The minimum Gasteiger partial charge on any atom is -0.480 e. The summed E-state index contributed by atoms with van der Waals surface area (Å²) in [4.78, 5) is 14.0. The summed E-state index contributed by atoms with van der Waals surface area (Å²) in [5, 5.41) is 11.1. The van der Waals surface area contributed by atoms with Crippen LogP contribution >= 0.6 is 0 Å². The molecule has 0 aliphatic rings. The van der Waals surface area contributed by atoms with Crippen molar-refractivity contribution in [1.29, 1.82) is 0 Å². The van der Waals surface area contributed by atoms with E-state index >= 15 is 0 Å². The first-order valence-corrected chi connectivity index (χ1v) is 3.58. The Balaban J connectivity index is 2.33. The predicted octanol–water partition coefficient (Wildman–Crippen LogP) is -0.406. The van der Waals surface area contributed by atoms with Crippen molar-refractivity contribution in [3.05, 3.63) is 18.2 Å². The highest BCUT2D eigenvalue weighted by molar-refractivity contribution is 5.68. The predicted molar refractivity (Wildman–Crippen MR) is 42.6 cm³/mol. The van der Waals surface area contributed by atoms with Gasteiger partial charge in [0, 0.05) is 19.8 Å². The van der Waals surface area contributed by atoms with E-state index in [2.05, 4.69) is 10.3 Å². The maximum absolute atomic E-state index is 10.1. The first-order valence-electron chi connectivity index (χ1n) is 3.58. The number of imidazole rings is 1. The van der Waals surface area contributed by atoms with Crippen LogP contribution in [0.5, 0.6) is 0 Å². The lowest BCUT2D eigenvalue weighted by Crippen LogP contribution is -2.22. The fourth-order valence-corrected chi connectivity index (χ4v) is 0.852. The van der Waals surface area contributed by atoms with E-state index in [1.54, 1.807) is 12.5 Å². The molecule has 0 amide bonds. The lowest BCUT2D eigenvalue weighted by Gasteiger charge is -2.01. The molecule has 0 atom stereocenters. The molecule has 12 heavy (non-hydrogen) atoms. The Kier molecular flexibility index (Phi) is 2.82. The van der Waals surface area contributed by atoms with Gasteiger partial charge in [-0.3, -0.25) is 4.79 Å². The molecule has 0 aromatic carbocycles.